The Balaban J connectivity index is 1.65. The summed E-state index contributed by atoms with van der Waals surface area (Å²) in [7, 11) is -1.46. The molecule has 2 heterocycles. The Morgan fingerprint density at radius 3 is 2.50 bits per heavy atom. The largest absolute Gasteiger partial charge is 0.378 e. The number of nitrogens with one attached hydrogen (secondary N) is 1. The van der Waals surface area contributed by atoms with Gasteiger partial charge >= 0.3 is 0 Å². The van der Waals surface area contributed by atoms with E-state index in [2.05, 4.69) is 27.0 Å². The highest BCUT2D eigenvalue weighted by Crippen LogP contribution is 2.16. The quantitative estimate of drug-likeness (QED) is 0.313. The van der Waals surface area contributed by atoms with Crippen molar-refractivity contribution in [2.75, 3.05) is 65.2 Å². The Kier molecular flexibility index (Phi) is 10.8. The van der Waals surface area contributed by atoms with Crippen molar-refractivity contribution in [2.24, 2.45) is 4.99 Å². The van der Waals surface area contributed by atoms with Gasteiger partial charge in [0.2, 0.25) is 10.0 Å². The van der Waals surface area contributed by atoms with Crippen LogP contribution in [0.2, 0.25) is 0 Å². The number of likely N-dealkylation sites (tertiary alicyclic amines) is 1. The van der Waals surface area contributed by atoms with Gasteiger partial charge in [-0.25, -0.2) is 8.42 Å². The fourth-order valence-electron chi connectivity index (χ4n) is 4.16. The van der Waals surface area contributed by atoms with Crippen LogP contribution < -0.4 is 5.32 Å². The average Bonchev–Trinajstić information content (AvgIpc) is 2.71. The molecule has 0 saturated carbocycles. The molecule has 8 nitrogen and oxygen atoms in total. The zero-order valence-corrected chi connectivity index (χ0v) is 20.3. The summed E-state index contributed by atoms with van der Waals surface area (Å²) >= 11 is 0. The highest BCUT2D eigenvalue weighted by Gasteiger charge is 2.28. The molecule has 2 aliphatic rings. The molecule has 0 aliphatic carbocycles. The van der Waals surface area contributed by atoms with Crippen LogP contribution in [0.15, 0.2) is 4.99 Å². The van der Waals surface area contributed by atoms with Gasteiger partial charge in [0.25, 0.3) is 0 Å². The summed E-state index contributed by atoms with van der Waals surface area (Å²) in [5.74, 6) is 0.926. The van der Waals surface area contributed by atoms with E-state index in [9.17, 15) is 8.42 Å². The summed E-state index contributed by atoms with van der Waals surface area (Å²) in [6, 6.07) is 0.726. The number of aliphatic imine (C=N–C) groups is 1. The molecule has 2 saturated heterocycles. The van der Waals surface area contributed by atoms with Gasteiger partial charge in [0, 0.05) is 45.8 Å². The molecule has 0 aromatic rings. The summed E-state index contributed by atoms with van der Waals surface area (Å²) < 4.78 is 32.0. The van der Waals surface area contributed by atoms with Crippen LogP contribution >= 0.6 is 0 Å². The van der Waals surface area contributed by atoms with Gasteiger partial charge in [-0.1, -0.05) is 6.42 Å². The molecule has 2 aliphatic heterocycles. The van der Waals surface area contributed by atoms with Crippen LogP contribution in [0.25, 0.3) is 0 Å². The van der Waals surface area contributed by atoms with Crippen molar-refractivity contribution in [3.05, 3.63) is 0 Å². The number of hydrogen-bond donors (Lipinski definition) is 1. The minimum absolute atomic E-state index is 0.0494. The van der Waals surface area contributed by atoms with Crippen molar-refractivity contribution < 1.29 is 13.2 Å². The van der Waals surface area contributed by atoms with E-state index in [0.717, 1.165) is 25.0 Å². The maximum atomic E-state index is 12.5. The lowest BCUT2D eigenvalue weighted by atomic mass is 10.0. The number of unbranched alkanes of at least 4 members (excludes halogenated alkanes) is 1. The maximum Gasteiger partial charge on any atom is 0.216 e. The number of piperidine rings is 1. The molecule has 30 heavy (non-hydrogen) atoms. The predicted octanol–water partition coefficient (Wildman–Crippen LogP) is 1.59. The minimum Gasteiger partial charge on any atom is -0.378 e. The molecule has 0 amide bonds. The molecule has 2 rings (SSSR count). The lowest BCUT2D eigenvalue weighted by molar-refractivity contribution is 0.0904. The van der Waals surface area contributed by atoms with Gasteiger partial charge in [-0.15, -0.1) is 0 Å². The van der Waals surface area contributed by atoms with E-state index < -0.39 is 10.0 Å². The molecule has 0 radical (unpaired) electrons. The smallest absolute Gasteiger partial charge is 0.216 e. The first-order valence-electron chi connectivity index (χ1n) is 11.6. The van der Waals surface area contributed by atoms with Crippen LogP contribution in [0.3, 0.4) is 0 Å². The number of rotatable bonds is 10. The van der Waals surface area contributed by atoms with Gasteiger partial charge < -0.3 is 19.9 Å². The van der Waals surface area contributed by atoms with Gasteiger partial charge in [-0.05, 0) is 59.5 Å². The Labute approximate surface area is 184 Å². The maximum absolute atomic E-state index is 12.5. The molecule has 0 aromatic heterocycles. The van der Waals surface area contributed by atoms with E-state index in [1.807, 2.05) is 13.8 Å². The summed E-state index contributed by atoms with van der Waals surface area (Å²) in [5, 5.41) is 3.46. The third-order valence-electron chi connectivity index (χ3n) is 6.03. The van der Waals surface area contributed by atoms with Gasteiger partial charge in [-0.3, -0.25) is 4.99 Å². The molecule has 176 valence electrons. The van der Waals surface area contributed by atoms with Gasteiger partial charge in [0.1, 0.15) is 0 Å². The number of guanidine groups is 1. The monoisotopic (exact) mass is 445 g/mol. The molecule has 2 fully saturated rings. The molecular formula is C21H43N5O3S. The molecule has 0 aromatic carbocycles. The Hall–Kier alpha value is -0.900. The van der Waals surface area contributed by atoms with Gasteiger partial charge in [0.15, 0.2) is 5.96 Å². The standard InChI is InChI=1S/C21H43N5O3S/c1-19(2)29-17-18-30(27,28)26-15-13-25(14-16-26)21(22-4)23-10-6-8-12-24-11-7-5-9-20(24)3/h19-20H,5-18H2,1-4H3,(H,22,23). The van der Waals surface area contributed by atoms with Crippen LogP contribution in [0.4, 0.5) is 0 Å². The topological polar surface area (TPSA) is 77.5 Å². The first-order chi connectivity index (χ1) is 14.3. The molecule has 1 unspecified atom stereocenters. The van der Waals surface area contributed by atoms with Crippen molar-refractivity contribution >= 4 is 16.0 Å². The van der Waals surface area contributed by atoms with Crippen LogP contribution in [-0.2, 0) is 14.8 Å². The second kappa shape index (κ2) is 12.8. The third-order valence-corrected chi connectivity index (χ3v) is 7.87. The number of piperazine rings is 1. The fourth-order valence-corrected chi connectivity index (χ4v) is 5.44. The highest BCUT2D eigenvalue weighted by molar-refractivity contribution is 7.89. The molecule has 1 atom stereocenters. The zero-order valence-electron chi connectivity index (χ0n) is 19.5. The summed E-state index contributed by atoms with van der Waals surface area (Å²) in [6.07, 6.45) is 6.40. The molecule has 9 heteroatoms. The molecule has 0 bridgehead atoms. The first kappa shape index (κ1) is 25.4. The van der Waals surface area contributed by atoms with E-state index in [1.165, 1.54) is 38.8 Å². The Bertz CT molecular complexity index is 618. The van der Waals surface area contributed by atoms with Gasteiger partial charge in [0.05, 0.1) is 18.5 Å². The van der Waals surface area contributed by atoms with E-state index >= 15 is 0 Å². The van der Waals surface area contributed by atoms with Crippen LogP contribution in [-0.4, -0.2) is 106 Å². The summed E-state index contributed by atoms with van der Waals surface area (Å²) in [4.78, 5) is 9.17. The fraction of sp³-hybridized carbons (Fsp3) is 0.952. The lowest BCUT2D eigenvalue weighted by Crippen LogP contribution is -2.54. The number of sulfonamides is 1. The van der Waals surface area contributed by atoms with E-state index in [0.29, 0.717) is 26.2 Å². The van der Waals surface area contributed by atoms with Crippen LogP contribution in [0, 0.1) is 0 Å². The third kappa shape index (κ3) is 8.32. The second-order valence-corrected chi connectivity index (χ2v) is 10.8. The Morgan fingerprint density at radius 2 is 1.87 bits per heavy atom. The number of hydrogen-bond acceptors (Lipinski definition) is 5. The highest BCUT2D eigenvalue weighted by atomic mass is 32.2. The minimum atomic E-state index is -3.26. The van der Waals surface area contributed by atoms with Crippen LogP contribution in [0.5, 0.6) is 0 Å². The predicted molar refractivity (Wildman–Crippen MR) is 124 cm³/mol. The average molecular weight is 446 g/mol. The molecular weight excluding hydrogens is 402 g/mol. The Morgan fingerprint density at radius 1 is 1.13 bits per heavy atom. The van der Waals surface area contributed by atoms with Crippen molar-refractivity contribution in [2.45, 2.75) is 65.0 Å². The normalized spacial score (nSPS) is 22.6. The van der Waals surface area contributed by atoms with E-state index in [-0.39, 0.29) is 18.5 Å². The van der Waals surface area contributed by atoms with Crippen LogP contribution in [0.1, 0.15) is 52.9 Å². The van der Waals surface area contributed by atoms with Gasteiger partial charge in [-0.2, -0.15) is 4.31 Å². The molecule has 0 spiro atoms. The van der Waals surface area contributed by atoms with E-state index in [1.54, 1.807) is 11.4 Å². The number of nitrogens with zero attached hydrogens (tertiary/aromatic N) is 4. The van der Waals surface area contributed by atoms with Crippen molar-refractivity contribution in [1.82, 2.24) is 19.4 Å². The van der Waals surface area contributed by atoms with Crippen molar-refractivity contribution in [1.29, 1.82) is 0 Å². The summed E-state index contributed by atoms with van der Waals surface area (Å²) in [6.45, 7) is 12.1. The SMILES string of the molecule is CN=C(NCCCCN1CCCCC1C)N1CCN(S(=O)(=O)CCOC(C)C)CC1. The second-order valence-electron chi connectivity index (χ2n) is 8.68. The number of ether oxygens (including phenoxy) is 1. The lowest BCUT2D eigenvalue weighted by Gasteiger charge is -2.36. The van der Waals surface area contributed by atoms with E-state index in [4.69, 9.17) is 4.74 Å². The zero-order chi connectivity index (χ0) is 22.0. The van der Waals surface area contributed by atoms with Crippen molar-refractivity contribution in [3.63, 3.8) is 0 Å². The molecule has 1 N–H and O–H groups in total. The first-order valence-corrected chi connectivity index (χ1v) is 13.2. The van der Waals surface area contributed by atoms with Crippen molar-refractivity contribution in [3.8, 4) is 0 Å². The summed E-state index contributed by atoms with van der Waals surface area (Å²) in [5.41, 5.74) is 0.